The molecule has 2 fully saturated rings. The normalized spacial score (nSPS) is 24.9. The van der Waals surface area contributed by atoms with Gasteiger partial charge in [0, 0.05) is 67.8 Å². The largest absolute Gasteiger partial charge is 0.492 e. The number of hydrogen-bond acceptors (Lipinski definition) is 11. The zero-order valence-corrected chi connectivity index (χ0v) is 34.8. The highest BCUT2D eigenvalue weighted by atomic mass is 32.2. The van der Waals surface area contributed by atoms with Crippen LogP contribution in [0.4, 0.5) is 5.69 Å². The number of rotatable bonds is 21. The van der Waals surface area contributed by atoms with Crippen molar-refractivity contribution in [3.8, 4) is 11.5 Å². The fourth-order valence-electron chi connectivity index (χ4n) is 9.40. The number of ether oxygens (including phenoxy) is 3. The molecule has 4 aromatic carbocycles. The van der Waals surface area contributed by atoms with Gasteiger partial charge in [-0.3, -0.25) is 15.0 Å². The molecule has 6 unspecified atom stereocenters. The van der Waals surface area contributed by atoms with Gasteiger partial charge >= 0.3 is 0 Å². The number of hydrogen-bond donors (Lipinski definition) is 2. The van der Waals surface area contributed by atoms with Crippen LogP contribution in [0.15, 0.2) is 119 Å². The summed E-state index contributed by atoms with van der Waals surface area (Å²) < 4.78 is 20.9. The lowest BCUT2D eigenvalue weighted by Crippen LogP contribution is -2.64. The molecular weight excluding hydrogens is 779 g/mol. The number of allylic oxidation sites excluding steroid dienone is 1. The zero-order valence-electron chi connectivity index (χ0n) is 34.0. The minimum atomic E-state index is -1.13. The van der Waals surface area contributed by atoms with Gasteiger partial charge in [0.25, 0.3) is 5.69 Å². The fourth-order valence-corrected chi connectivity index (χ4v) is 10.7. The SMILES string of the molecule is C=CCOC12Oc3ccc(OCCN4CC4)cc3C3C(CCCCO)C(CCCCO)C=C(C(=NOCc4ccc([N+](=O)[O-])cc4)CC1Sc1ccc4ccccc4c1)C32. The van der Waals surface area contributed by atoms with Gasteiger partial charge in [-0.15, -0.1) is 18.3 Å². The first-order valence-corrected chi connectivity index (χ1v) is 22.2. The van der Waals surface area contributed by atoms with Crippen LogP contribution in [0, 0.1) is 27.9 Å². The maximum atomic E-state index is 11.3. The van der Waals surface area contributed by atoms with Crippen molar-refractivity contribution in [2.24, 2.45) is 22.9 Å². The highest BCUT2D eigenvalue weighted by Crippen LogP contribution is 2.63. The van der Waals surface area contributed by atoms with E-state index in [9.17, 15) is 20.3 Å². The number of oxime groups is 1. The third kappa shape index (κ3) is 9.28. The molecule has 0 aromatic heterocycles. The number of non-ortho nitro benzene ring substituents is 1. The summed E-state index contributed by atoms with van der Waals surface area (Å²) in [6.45, 7) is 8.45. The Morgan fingerprint density at radius 3 is 2.50 bits per heavy atom. The van der Waals surface area contributed by atoms with E-state index in [4.69, 9.17) is 24.2 Å². The number of nitro benzene ring substituents is 1. The topological polar surface area (TPSA) is 136 Å². The predicted molar refractivity (Wildman–Crippen MR) is 235 cm³/mol. The highest BCUT2D eigenvalue weighted by molar-refractivity contribution is 8.00. The third-order valence-electron chi connectivity index (χ3n) is 12.4. The molecule has 2 aliphatic carbocycles. The highest BCUT2D eigenvalue weighted by Gasteiger charge is 2.64. The van der Waals surface area contributed by atoms with E-state index in [1.54, 1.807) is 30.0 Å². The molecule has 0 amide bonds. The van der Waals surface area contributed by atoms with Crippen LogP contribution in [0.3, 0.4) is 0 Å². The van der Waals surface area contributed by atoms with Gasteiger partial charge in [0.2, 0.25) is 5.79 Å². The van der Waals surface area contributed by atoms with E-state index < -0.39 is 10.7 Å². The second-order valence-electron chi connectivity index (χ2n) is 16.3. The molecule has 12 heteroatoms. The summed E-state index contributed by atoms with van der Waals surface area (Å²) in [6, 6.07) is 27.5. The first-order chi connectivity index (χ1) is 29.4. The lowest BCUT2D eigenvalue weighted by Gasteiger charge is -2.58. The quantitative estimate of drug-likeness (QED) is 0.0275. The molecule has 8 rings (SSSR count). The molecular formula is C48H55N3O8S. The average Bonchev–Trinajstić information content (AvgIpc) is 4.10. The Morgan fingerprint density at radius 1 is 0.967 bits per heavy atom. The van der Waals surface area contributed by atoms with Crippen LogP contribution in [0.2, 0.25) is 0 Å². The zero-order chi connectivity index (χ0) is 41.5. The fraction of sp³-hybridized carbons (Fsp3) is 0.438. The molecule has 1 saturated carbocycles. The maximum Gasteiger partial charge on any atom is 0.269 e. The summed E-state index contributed by atoms with van der Waals surface area (Å²) in [5.41, 5.74) is 3.73. The molecule has 6 atom stereocenters. The van der Waals surface area contributed by atoms with Gasteiger partial charge in [-0.25, -0.2) is 0 Å². The molecule has 0 bridgehead atoms. The van der Waals surface area contributed by atoms with Crippen LogP contribution in [0.1, 0.15) is 62.0 Å². The van der Waals surface area contributed by atoms with Crippen LogP contribution in [-0.4, -0.2) is 82.8 Å². The van der Waals surface area contributed by atoms with E-state index in [0.29, 0.717) is 25.9 Å². The second-order valence-corrected chi connectivity index (χ2v) is 17.5. The van der Waals surface area contributed by atoms with Gasteiger partial charge in [-0.2, -0.15) is 0 Å². The number of benzene rings is 4. The summed E-state index contributed by atoms with van der Waals surface area (Å²) in [6.07, 6.45) is 9.57. The van der Waals surface area contributed by atoms with E-state index in [-0.39, 0.29) is 61.0 Å². The van der Waals surface area contributed by atoms with Crippen molar-refractivity contribution in [2.45, 2.75) is 73.4 Å². The standard InChI is InChI=1S/C48H55N3O8S/c1-2-26-57-48-45(60-39-19-15-34-9-3-4-10-35(34)28-39)31-43(49-58-32-33-13-16-37(17-14-33)51(54)55)41-29-36(11-5-7-24-52)40(12-6-8-25-53)46(47(41)48)42-30-38(18-20-44(42)59-48)56-27-23-50-21-22-50/h2-4,9-10,13-20,28-30,36,40,45-47,52-53H,1,5-8,11-12,21-27,31-32H2. The Hall–Kier alpha value is -4.72. The summed E-state index contributed by atoms with van der Waals surface area (Å²) in [5, 5.41) is 38.1. The molecule has 4 aromatic rings. The summed E-state index contributed by atoms with van der Waals surface area (Å²) in [7, 11) is 0. The number of nitrogens with zero attached hydrogens (tertiary/aromatic N) is 3. The van der Waals surface area contributed by atoms with Gasteiger partial charge < -0.3 is 29.3 Å². The van der Waals surface area contributed by atoms with E-state index in [2.05, 4.69) is 66.1 Å². The van der Waals surface area contributed by atoms with Gasteiger partial charge in [-0.1, -0.05) is 60.5 Å². The van der Waals surface area contributed by atoms with Crippen LogP contribution < -0.4 is 9.47 Å². The van der Waals surface area contributed by atoms with Crippen molar-refractivity contribution in [3.63, 3.8) is 0 Å². The molecule has 0 spiro atoms. The Bertz CT molecular complexity index is 2190. The molecule has 2 N–H and O–H groups in total. The Labute approximate surface area is 356 Å². The second kappa shape index (κ2) is 19.3. The Kier molecular flexibility index (Phi) is 13.5. The monoisotopic (exact) mass is 833 g/mol. The molecule has 2 heterocycles. The lowest BCUT2D eigenvalue weighted by molar-refractivity contribution is -0.384. The van der Waals surface area contributed by atoms with E-state index in [0.717, 1.165) is 94.9 Å². The molecule has 2 aliphatic heterocycles. The Morgan fingerprint density at radius 2 is 1.75 bits per heavy atom. The first kappa shape index (κ1) is 42.0. The number of aliphatic hydroxyl groups excluding tert-OH is 2. The number of thioether (sulfide) groups is 1. The number of aliphatic hydroxyl groups is 2. The van der Waals surface area contributed by atoms with Crippen molar-refractivity contribution in [2.75, 3.05) is 46.1 Å². The van der Waals surface area contributed by atoms with E-state index in [1.807, 2.05) is 12.1 Å². The van der Waals surface area contributed by atoms with Crippen LogP contribution in [-0.2, 0) is 16.2 Å². The third-order valence-corrected chi connectivity index (χ3v) is 13.7. The first-order valence-electron chi connectivity index (χ1n) is 21.3. The lowest BCUT2D eigenvalue weighted by atomic mass is 9.56. The summed E-state index contributed by atoms with van der Waals surface area (Å²) in [4.78, 5) is 20.5. The van der Waals surface area contributed by atoms with Gasteiger partial charge in [0.15, 0.2) is 0 Å². The Balaban J connectivity index is 1.26. The number of fused-ring (bicyclic) bond motifs is 3. The molecule has 4 aliphatic rings. The predicted octanol–water partition coefficient (Wildman–Crippen LogP) is 9.07. The molecule has 11 nitrogen and oxygen atoms in total. The van der Waals surface area contributed by atoms with Gasteiger partial charge in [-0.05, 0) is 102 Å². The van der Waals surface area contributed by atoms with Crippen molar-refractivity contribution in [1.29, 1.82) is 0 Å². The van der Waals surface area contributed by atoms with Crippen molar-refractivity contribution >= 4 is 33.9 Å². The summed E-state index contributed by atoms with van der Waals surface area (Å²) in [5.74, 6) is 0.410. The van der Waals surface area contributed by atoms with Crippen LogP contribution in [0.25, 0.3) is 10.8 Å². The van der Waals surface area contributed by atoms with E-state index >= 15 is 0 Å². The molecule has 0 radical (unpaired) electrons. The summed E-state index contributed by atoms with van der Waals surface area (Å²) >= 11 is 1.73. The van der Waals surface area contributed by atoms with Gasteiger partial charge in [0.05, 0.1) is 28.4 Å². The smallest absolute Gasteiger partial charge is 0.269 e. The van der Waals surface area contributed by atoms with Crippen molar-refractivity contribution in [1.82, 2.24) is 4.90 Å². The minimum absolute atomic E-state index is 0.0211. The molecule has 60 heavy (non-hydrogen) atoms. The number of unbranched alkanes of at least 4 members (excludes halogenated alkanes) is 2. The van der Waals surface area contributed by atoms with Crippen molar-refractivity contribution < 1.29 is 34.2 Å². The molecule has 1 saturated heterocycles. The van der Waals surface area contributed by atoms with Crippen LogP contribution >= 0.6 is 11.8 Å². The molecule has 316 valence electrons. The number of nitro groups is 1. The average molecular weight is 834 g/mol. The van der Waals surface area contributed by atoms with Crippen LogP contribution in [0.5, 0.6) is 11.5 Å². The van der Waals surface area contributed by atoms with Crippen molar-refractivity contribution in [3.05, 3.63) is 130 Å². The maximum absolute atomic E-state index is 11.3. The van der Waals surface area contributed by atoms with Gasteiger partial charge in [0.1, 0.15) is 24.7 Å². The van der Waals surface area contributed by atoms with E-state index in [1.165, 1.54) is 12.1 Å². The minimum Gasteiger partial charge on any atom is -0.492 e.